The van der Waals surface area contributed by atoms with Crippen LogP contribution in [-0.4, -0.2) is 163 Å². The Morgan fingerprint density at radius 2 is 0.731 bits per heavy atom. The lowest BCUT2D eigenvalue weighted by Crippen LogP contribution is -2.61. The topological polar surface area (TPSA) is 497 Å². The summed E-state index contributed by atoms with van der Waals surface area (Å²) in [6.45, 7) is 14.1. The summed E-state index contributed by atoms with van der Waals surface area (Å²) in [5.74, 6) is -8.92. The van der Waals surface area contributed by atoms with Crippen LogP contribution in [0.4, 0.5) is 0 Å². The molecule has 0 bridgehead atoms. The molecule has 0 aromatic carbocycles. The number of carbonyl (C=O) groups excluding carboxylic acids is 8. The number of unbranched alkanes of at least 4 members (excludes halogenated alkanes) is 2. The summed E-state index contributed by atoms with van der Waals surface area (Å²) < 4.78 is 0. The third-order valence-corrected chi connectivity index (χ3v) is 12.1. The first-order valence-electron chi connectivity index (χ1n) is 27.1. The van der Waals surface area contributed by atoms with Gasteiger partial charge in [-0.3, -0.25) is 48.3 Å². The Labute approximate surface area is 459 Å². The number of carboxylic acid groups (broad SMARTS) is 1. The number of hydrogen-bond donors (Lipinski definition) is 17. The molecule has 24 N–H and O–H groups in total. The Balaban J connectivity index is 6.52. The van der Waals surface area contributed by atoms with Gasteiger partial charge in [0.15, 0.2) is 11.9 Å². The van der Waals surface area contributed by atoms with Crippen molar-refractivity contribution in [3.8, 4) is 0 Å². The fourth-order valence-electron chi connectivity index (χ4n) is 7.93. The fraction of sp³-hybridized carbons (Fsp3) is 0.780. The van der Waals surface area contributed by atoms with Crippen molar-refractivity contribution in [3.63, 3.8) is 0 Å². The van der Waals surface area contributed by atoms with E-state index in [0.29, 0.717) is 38.6 Å². The molecule has 0 aliphatic rings. The Morgan fingerprint density at radius 1 is 0.410 bits per heavy atom. The van der Waals surface area contributed by atoms with Gasteiger partial charge in [0.05, 0.1) is 12.6 Å². The van der Waals surface area contributed by atoms with Gasteiger partial charge < -0.3 is 92.9 Å². The first kappa shape index (κ1) is 71.6. The number of nitrogens with one attached hydrogen (secondary N) is 8. The molecule has 0 aliphatic heterocycles. The average molecular weight is 1110 g/mol. The van der Waals surface area contributed by atoms with E-state index in [1.54, 1.807) is 55.4 Å². The maximum absolute atomic E-state index is 14.1. The van der Waals surface area contributed by atoms with Crippen LogP contribution in [0.25, 0.3) is 0 Å². The normalized spacial score (nSPS) is 14.8. The highest BCUT2D eigenvalue weighted by molar-refractivity contribution is 5.98. The molecule has 0 aromatic rings. The fourth-order valence-corrected chi connectivity index (χ4v) is 7.93. The van der Waals surface area contributed by atoms with Crippen LogP contribution in [0.2, 0.25) is 0 Å². The maximum atomic E-state index is 14.1. The monoisotopic (exact) mass is 1110 g/mol. The zero-order valence-electron chi connectivity index (χ0n) is 47.2. The zero-order valence-corrected chi connectivity index (χ0v) is 47.2. The van der Waals surface area contributed by atoms with Crippen LogP contribution in [0.3, 0.4) is 0 Å². The molecular formula is C50H97N17O11. The lowest BCUT2D eigenvalue weighted by molar-refractivity contribution is -0.142. The maximum Gasteiger partial charge on any atom is 0.326 e. The molecule has 0 unspecified atom stereocenters. The molecule has 78 heavy (non-hydrogen) atoms. The molecule has 28 nitrogen and oxygen atoms in total. The minimum Gasteiger partial charge on any atom is -0.480 e. The van der Waals surface area contributed by atoms with Crippen molar-refractivity contribution in [2.45, 2.75) is 193 Å². The van der Waals surface area contributed by atoms with Gasteiger partial charge in [-0.05, 0) is 114 Å². The van der Waals surface area contributed by atoms with Crippen molar-refractivity contribution >= 4 is 65.1 Å². The van der Waals surface area contributed by atoms with E-state index in [1.807, 2.05) is 0 Å². The van der Waals surface area contributed by atoms with Gasteiger partial charge in [-0.15, -0.1) is 0 Å². The first-order chi connectivity index (χ1) is 36.6. The molecule has 0 radical (unpaired) electrons. The number of amides is 8. The molecule has 8 amide bonds. The van der Waals surface area contributed by atoms with Crippen LogP contribution < -0.4 is 82.7 Å². The summed E-state index contributed by atoms with van der Waals surface area (Å²) >= 11 is 0. The number of aliphatic imine (C=N–C) groups is 2. The third-order valence-electron chi connectivity index (χ3n) is 12.1. The molecule has 0 fully saturated rings. The number of nitrogens with two attached hydrogens (primary N) is 7. The van der Waals surface area contributed by atoms with Crippen LogP contribution >= 0.6 is 0 Å². The number of rotatable bonds is 41. The van der Waals surface area contributed by atoms with Gasteiger partial charge in [0.1, 0.15) is 48.3 Å². The highest BCUT2D eigenvalue weighted by Crippen LogP contribution is 2.14. The van der Waals surface area contributed by atoms with Crippen LogP contribution in [0, 0.1) is 23.7 Å². The molecular weight excluding hydrogens is 1010 g/mol. The SMILES string of the molecule is CC(C)C[C@H](NC(=O)[C@H](CC(C)C)NC(=O)[C@H](CCCCN)NC(=O)[C@H](CO)NC(=O)[C@H](CC(C)C)NC(=O)[C@@H](NC(=O)[C@H](CCCN=C(N)N)NC(=O)[C@@H](N)CCCCN)C(C)C)C(=O)N[C@@H](CCCN=C(N)N)C(=O)O. The predicted molar refractivity (Wildman–Crippen MR) is 297 cm³/mol. The van der Waals surface area contributed by atoms with Crippen molar-refractivity contribution in [1.82, 2.24) is 42.5 Å². The number of aliphatic hydroxyl groups is 1. The molecule has 0 saturated heterocycles. The molecule has 28 heteroatoms. The van der Waals surface area contributed by atoms with Crippen molar-refractivity contribution in [2.75, 3.05) is 32.8 Å². The molecule has 448 valence electrons. The number of aliphatic carboxylic acids is 1. The third kappa shape index (κ3) is 30.5. The Morgan fingerprint density at radius 3 is 1.12 bits per heavy atom. The van der Waals surface area contributed by atoms with E-state index in [2.05, 4.69) is 52.5 Å². The summed E-state index contributed by atoms with van der Waals surface area (Å²) in [5.41, 5.74) is 39.0. The van der Waals surface area contributed by atoms with Crippen molar-refractivity contribution in [3.05, 3.63) is 0 Å². The molecule has 0 saturated carbocycles. The largest absolute Gasteiger partial charge is 0.480 e. The van der Waals surface area contributed by atoms with Gasteiger partial charge in [-0.1, -0.05) is 61.8 Å². The van der Waals surface area contributed by atoms with Gasteiger partial charge >= 0.3 is 5.97 Å². The van der Waals surface area contributed by atoms with Gasteiger partial charge in [-0.25, -0.2) is 4.79 Å². The van der Waals surface area contributed by atoms with Crippen molar-refractivity contribution in [2.24, 2.45) is 73.8 Å². The Hall–Kier alpha value is -6.39. The minimum atomic E-state index is -1.65. The highest BCUT2D eigenvalue weighted by atomic mass is 16.4. The van der Waals surface area contributed by atoms with Gasteiger partial charge in [-0.2, -0.15) is 0 Å². The Kier molecular flexibility index (Phi) is 35.8. The molecule has 0 aliphatic carbocycles. The van der Waals surface area contributed by atoms with Crippen LogP contribution in [-0.2, 0) is 43.2 Å². The lowest BCUT2D eigenvalue weighted by Gasteiger charge is -2.29. The summed E-state index contributed by atoms with van der Waals surface area (Å²) in [5, 5.41) is 41.2. The van der Waals surface area contributed by atoms with Gasteiger partial charge in [0.25, 0.3) is 0 Å². The number of aliphatic hydroxyl groups excluding tert-OH is 1. The lowest BCUT2D eigenvalue weighted by atomic mass is 9.99. The number of hydrogen-bond acceptors (Lipinski definition) is 15. The van der Waals surface area contributed by atoms with Gasteiger partial charge in [0.2, 0.25) is 47.3 Å². The van der Waals surface area contributed by atoms with Crippen molar-refractivity contribution < 1.29 is 53.4 Å². The average Bonchev–Trinajstić information content (AvgIpc) is 3.34. The second-order valence-corrected chi connectivity index (χ2v) is 21.1. The van der Waals surface area contributed by atoms with E-state index in [-0.39, 0.29) is 101 Å². The molecule has 0 spiro atoms. The van der Waals surface area contributed by atoms with E-state index in [4.69, 9.17) is 40.1 Å². The quantitative estimate of drug-likeness (QED) is 0.0160. The second kappa shape index (κ2) is 39.0. The zero-order chi connectivity index (χ0) is 59.7. The molecule has 0 aromatic heterocycles. The summed E-state index contributed by atoms with van der Waals surface area (Å²) in [7, 11) is 0. The standard InChI is InChI=1S/C50H97N17O11/c1-27(2)23-35(43(72)62-34(48(77)78)18-14-22-59-50(56)57)64-44(73)36(24-28(3)4)63-41(70)32(16-10-12-20-52)61-46(75)38(26-68)66-45(74)37(25-29(5)6)65-47(76)39(30(7)8)67-42(71)33(17-13-21-58-49(54)55)60-40(69)31(53)15-9-11-19-51/h27-39,68H,9-26,51-53H2,1-8H3,(H,60,69)(H,61,75)(H,62,72)(H,63,70)(H,64,73)(H,65,76)(H,66,74)(H,67,71)(H,77,78)(H4,54,55,58)(H4,56,57,59)/t31-,32-,33-,34-,35-,36-,37-,38-,39-/m0/s1. The molecule has 0 heterocycles. The summed E-state index contributed by atoms with van der Waals surface area (Å²) in [6.07, 6.45) is 3.17. The highest BCUT2D eigenvalue weighted by Gasteiger charge is 2.36. The van der Waals surface area contributed by atoms with E-state index >= 15 is 0 Å². The predicted octanol–water partition coefficient (Wildman–Crippen LogP) is -3.57. The first-order valence-corrected chi connectivity index (χ1v) is 27.1. The van der Waals surface area contributed by atoms with E-state index < -0.39 is 120 Å². The summed E-state index contributed by atoms with van der Waals surface area (Å²) in [4.78, 5) is 130. The number of nitrogens with zero attached hydrogens (tertiary/aromatic N) is 2. The van der Waals surface area contributed by atoms with E-state index in [9.17, 15) is 53.4 Å². The van der Waals surface area contributed by atoms with Gasteiger partial charge in [0, 0.05) is 13.1 Å². The minimum absolute atomic E-state index is 0.0109. The second-order valence-electron chi connectivity index (χ2n) is 21.1. The van der Waals surface area contributed by atoms with E-state index in [1.165, 1.54) is 0 Å². The van der Waals surface area contributed by atoms with E-state index in [0.717, 1.165) is 0 Å². The summed E-state index contributed by atoms with van der Waals surface area (Å²) in [6, 6.07) is -11.4. The number of carboxylic acids is 1. The smallest absolute Gasteiger partial charge is 0.326 e. The Bertz CT molecular complexity index is 1950. The van der Waals surface area contributed by atoms with Crippen LogP contribution in [0.5, 0.6) is 0 Å². The van der Waals surface area contributed by atoms with Crippen molar-refractivity contribution in [1.29, 1.82) is 0 Å². The van der Waals surface area contributed by atoms with Crippen LogP contribution in [0.1, 0.15) is 139 Å². The van der Waals surface area contributed by atoms with Crippen LogP contribution in [0.15, 0.2) is 9.98 Å². The molecule has 0 rings (SSSR count). The number of guanidine groups is 2. The number of carbonyl (C=O) groups is 9. The molecule has 9 atom stereocenters.